The summed E-state index contributed by atoms with van der Waals surface area (Å²) in [6, 6.07) is 13.2. The van der Waals surface area contributed by atoms with Crippen LogP contribution in [0.4, 0.5) is 5.69 Å². The fraction of sp³-hybridized carbons (Fsp3) is 0.300. The molecule has 0 N–H and O–H groups in total. The molecule has 1 heterocycles. The van der Waals surface area contributed by atoms with Gasteiger partial charge in [-0.2, -0.15) is 0 Å². The normalized spacial score (nSPS) is 15.3. The van der Waals surface area contributed by atoms with Crippen molar-refractivity contribution in [2.24, 2.45) is 0 Å². The van der Waals surface area contributed by atoms with Crippen LogP contribution in [0.1, 0.15) is 42.3 Å². The number of ketones is 1. The van der Waals surface area contributed by atoms with Gasteiger partial charge in [-0.3, -0.25) is 9.59 Å². The number of ether oxygens (including phenoxy) is 1. The minimum Gasteiger partial charge on any atom is -0.497 e. The van der Waals surface area contributed by atoms with E-state index in [1.807, 2.05) is 50.2 Å². The van der Waals surface area contributed by atoms with E-state index in [9.17, 15) is 9.59 Å². The molecule has 0 fully saturated rings. The third kappa shape index (κ3) is 2.58. The van der Waals surface area contributed by atoms with Crippen molar-refractivity contribution in [2.45, 2.75) is 32.7 Å². The van der Waals surface area contributed by atoms with Gasteiger partial charge in [0.1, 0.15) is 5.75 Å². The Morgan fingerprint density at radius 2 is 1.79 bits per heavy atom. The average Bonchev–Trinajstić information content (AvgIpc) is 2.76. The number of Topliss-reactive ketones (excluding diaryl/α,β-unsaturated/α-hetero) is 1. The van der Waals surface area contributed by atoms with Gasteiger partial charge in [0, 0.05) is 11.3 Å². The zero-order valence-corrected chi connectivity index (χ0v) is 14.4. The molecular formula is C20H21NO3. The molecule has 0 bridgehead atoms. The lowest BCUT2D eigenvalue weighted by atomic mass is 9.85. The maximum atomic E-state index is 12.9. The van der Waals surface area contributed by atoms with Gasteiger partial charge in [0.15, 0.2) is 5.78 Å². The number of nitrogens with zero attached hydrogens (tertiary/aromatic N) is 1. The molecule has 0 atom stereocenters. The van der Waals surface area contributed by atoms with Gasteiger partial charge >= 0.3 is 0 Å². The van der Waals surface area contributed by atoms with E-state index in [1.54, 1.807) is 18.1 Å². The number of hydrogen-bond acceptors (Lipinski definition) is 3. The van der Waals surface area contributed by atoms with E-state index >= 15 is 0 Å². The summed E-state index contributed by atoms with van der Waals surface area (Å²) in [6.07, 6.45) is 0. The maximum Gasteiger partial charge on any atom is 0.237 e. The lowest BCUT2D eigenvalue weighted by molar-refractivity contribution is -0.122. The van der Waals surface area contributed by atoms with Gasteiger partial charge in [-0.05, 0) is 50.1 Å². The van der Waals surface area contributed by atoms with Crippen LogP contribution in [0.15, 0.2) is 42.5 Å². The van der Waals surface area contributed by atoms with Gasteiger partial charge in [0.25, 0.3) is 0 Å². The van der Waals surface area contributed by atoms with Crippen molar-refractivity contribution in [3.8, 4) is 5.75 Å². The SMILES string of the molecule is COc1ccc(CN2C(=O)C(C)(C)c3ccc(C(C)=O)cc32)cc1. The molecule has 1 aliphatic heterocycles. The summed E-state index contributed by atoms with van der Waals surface area (Å²) in [5, 5.41) is 0. The van der Waals surface area contributed by atoms with Crippen molar-refractivity contribution in [1.82, 2.24) is 0 Å². The van der Waals surface area contributed by atoms with Crippen LogP contribution in [0, 0.1) is 0 Å². The van der Waals surface area contributed by atoms with Crippen molar-refractivity contribution >= 4 is 17.4 Å². The largest absolute Gasteiger partial charge is 0.497 e. The van der Waals surface area contributed by atoms with Crippen molar-refractivity contribution in [2.75, 3.05) is 12.0 Å². The van der Waals surface area contributed by atoms with Crippen LogP contribution in [-0.4, -0.2) is 18.8 Å². The molecule has 3 rings (SSSR count). The minimum absolute atomic E-state index is 0.000599. The van der Waals surface area contributed by atoms with E-state index in [4.69, 9.17) is 4.74 Å². The molecular weight excluding hydrogens is 302 g/mol. The second-order valence-electron chi connectivity index (χ2n) is 6.65. The second kappa shape index (κ2) is 5.78. The Hall–Kier alpha value is -2.62. The molecule has 124 valence electrons. The number of anilines is 1. The predicted molar refractivity (Wildman–Crippen MR) is 93.7 cm³/mol. The van der Waals surface area contributed by atoms with Gasteiger partial charge in [0.2, 0.25) is 5.91 Å². The highest BCUT2D eigenvalue weighted by molar-refractivity contribution is 6.08. The Morgan fingerprint density at radius 3 is 2.38 bits per heavy atom. The monoisotopic (exact) mass is 323 g/mol. The standard InChI is InChI=1S/C20H21NO3/c1-13(22)15-7-10-17-18(11-15)21(19(23)20(17,2)3)12-14-5-8-16(24-4)9-6-14/h5-11H,12H2,1-4H3. The van der Waals surface area contributed by atoms with E-state index in [0.29, 0.717) is 12.1 Å². The summed E-state index contributed by atoms with van der Waals surface area (Å²) in [7, 11) is 1.63. The van der Waals surface area contributed by atoms with Gasteiger partial charge in [0.05, 0.1) is 19.1 Å². The highest BCUT2D eigenvalue weighted by atomic mass is 16.5. The number of fused-ring (bicyclic) bond motifs is 1. The fourth-order valence-corrected chi connectivity index (χ4v) is 3.13. The minimum atomic E-state index is -0.586. The van der Waals surface area contributed by atoms with Crippen molar-refractivity contribution in [3.63, 3.8) is 0 Å². The predicted octanol–water partition coefficient (Wildman–Crippen LogP) is 3.72. The molecule has 2 aromatic rings. The smallest absolute Gasteiger partial charge is 0.237 e. The summed E-state index contributed by atoms with van der Waals surface area (Å²) in [4.78, 5) is 26.4. The molecule has 4 nitrogen and oxygen atoms in total. The highest BCUT2D eigenvalue weighted by Crippen LogP contribution is 2.42. The number of hydrogen-bond donors (Lipinski definition) is 0. The fourth-order valence-electron chi connectivity index (χ4n) is 3.13. The quantitative estimate of drug-likeness (QED) is 0.806. The number of methoxy groups -OCH3 is 1. The van der Waals surface area contributed by atoms with Crippen molar-refractivity contribution in [3.05, 3.63) is 59.2 Å². The van der Waals surface area contributed by atoms with Gasteiger partial charge in [-0.15, -0.1) is 0 Å². The highest BCUT2D eigenvalue weighted by Gasteiger charge is 2.43. The number of amides is 1. The Labute approximate surface area is 142 Å². The number of rotatable bonds is 4. The Kier molecular flexibility index (Phi) is 3.91. The number of carbonyl (C=O) groups excluding carboxylic acids is 2. The van der Waals surface area contributed by atoms with Crippen LogP contribution in [0.3, 0.4) is 0 Å². The van der Waals surface area contributed by atoms with E-state index < -0.39 is 5.41 Å². The van der Waals surface area contributed by atoms with Crippen LogP contribution in [0.2, 0.25) is 0 Å². The molecule has 0 aromatic heterocycles. The van der Waals surface area contributed by atoms with E-state index in [0.717, 1.165) is 22.6 Å². The zero-order valence-electron chi connectivity index (χ0n) is 14.4. The van der Waals surface area contributed by atoms with Gasteiger partial charge in [-0.1, -0.05) is 24.3 Å². The zero-order chi connectivity index (χ0) is 17.5. The summed E-state index contributed by atoms with van der Waals surface area (Å²) in [6.45, 7) is 5.86. The first kappa shape index (κ1) is 16.2. The second-order valence-corrected chi connectivity index (χ2v) is 6.65. The lowest BCUT2D eigenvalue weighted by Gasteiger charge is -2.20. The molecule has 0 aliphatic carbocycles. The Morgan fingerprint density at radius 1 is 1.12 bits per heavy atom. The summed E-state index contributed by atoms with van der Waals surface area (Å²) < 4.78 is 5.17. The van der Waals surface area contributed by atoms with Crippen LogP contribution in [-0.2, 0) is 16.8 Å². The van der Waals surface area contributed by atoms with Crippen molar-refractivity contribution < 1.29 is 14.3 Å². The summed E-state index contributed by atoms with van der Waals surface area (Å²) in [5.41, 5.74) is 2.84. The summed E-state index contributed by atoms with van der Waals surface area (Å²) >= 11 is 0. The van der Waals surface area contributed by atoms with Crippen LogP contribution < -0.4 is 9.64 Å². The van der Waals surface area contributed by atoms with E-state index in [2.05, 4.69) is 0 Å². The molecule has 1 aliphatic rings. The molecule has 0 unspecified atom stereocenters. The van der Waals surface area contributed by atoms with Crippen LogP contribution in [0.25, 0.3) is 0 Å². The van der Waals surface area contributed by atoms with E-state index in [1.165, 1.54) is 6.92 Å². The molecule has 0 saturated heterocycles. The third-order valence-corrected chi connectivity index (χ3v) is 4.65. The Bertz CT molecular complexity index is 806. The van der Waals surface area contributed by atoms with Crippen LogP contribution >= 0.6 is 0 Å². The molecule has 4 heteroatoms. The molecule has 0 radical (unpaired) electrons. The maximum absolute atomic E-state index is 12.9. The number of benzene rings is 2. The Balaban J connectivity index is 2.00. The third-order valence-electron chi connectivity index (χ3n) is 4.65. The van der Waals surface area contributed by atoms with Gasteiger partial charge in [-0.25, -0.2) is 0 Å². The van der Waals surface area contributed by atoms with Crippen LogP contribution in [0.5, 0.6) is 5.75 Å². The molecule has 0 saturated carbocycles. The van der Waals surface area contributed by atoms with Gasteiger partial charge < -0.3 is 9.64 Å². The van der Waals surface area contributed by atoms with Crippen molar-refractivity contribution in [1.29, 1.82) is 0 Å². The first-order valence-electron chi connectivity index (χ1n) is 7.95. The average molecular weight is 323 g/mol. The molecule has 1 amide bonds. The summed E-state index contributed by atoms with van der Waals surface area (Å²) in [5.74, 6) is 0.833. The van der Waals surface area contributed by atoms with E-state index in [-0.39, 0.29) is 11.7 Å². The molecule has 0 spiro atoms. The molecule has 24 heavy (non-hydrogen) atoms. The topological polar surface area (TPSA) is 46.6 Å². The molecule has 2 aromatic carbocycles. The first-order valence-corrected chi connectivity index (χ1v) is 7.95. The lowest BCUT2D eigenvalue weighted by Crippen LogP contribution is -2.35. The first-order chi connectivity index (χ1) is 11.3. The number of carbonyl (C=O) groups is 2.